The molecule has 3 aromatic carbocycles. The highest BCUT2D eigenvalue weighted by atomic mass is 35.5. The number of thioether (sulfide) groups is 1. The minimum absolute atomic E-state index is 0.0856. The molecule has 1 aliphatic heterocycles. The highest BCUT2D eigenvalue weighted by Gasteiger charge is 2.30. The number of carbonyl (C=O) groups is 2. The number of hydrogen-bond acceptors (Lipinski definition) is 5. The average Bonchev–Trinajstić information content (AvgIpc) is 2.96. The van der Waals surface area contributed by atoms with E-state index in [0.717, 1.165) is 16.1 Å². The molecule has 0 saturated carbocycles. The Morgan fingerprint density at radius 3 is 2.52 bits per heavy atom. The standard InChI is InChI=1S/C25H23ClN2O4S/c1-31-20-12-7-16(13-21(20)32-2)23-14-25(30)28(19-5-3-4-6-22(19)33-23)15-24(29)27-18-10-8-17(26)9-11-18/h3-13,23H,14-15H2,1-2H3,(H,27,29). The van der Waals surface area contributed by atoms with E-state index in [9.17, 15) is 9.59 Å². The molecule has 6 nitrogen and oxygen atoms in total. The number of methoxy groups -OCH3 is 2. The first-order valence-corrected chi connectivity index (χ1v) is 11.6. The predicted octanol–water partition coefficient (Wildman–Crippen LogP) is 5.57. The van der Waals surface area contributed by atoms with Crippen molar-refractivity contribution in [1.82, 2.24) is 0 Å². The Morgan fingerprint density at radius 2 is 1.79 bits per heavy atom. The normalized spacial score (nSPS) is 15.4. The third kappa shape index (κ3) is 5.26. The summed E-state index contributed by atoms with van der Waals surface area (Å²) in [4.78, 5) is 28.6. The van der Waals surface area contributed by atoms with Gasteiger partial charge in [0.15, 0.2) is 11.5 Å². The lowest BCUT2D eigenvalue weighted by atomic mass is 10.1. The topological polar surface area (TPSA) is 67.9 Å². The van der Waals surface area contributed by atoms with Crippen molar-refractivity contribution in [3.63, 3.8) is 0 Å². The number of carbonyl (C=O) groups excluding carboxylic acids is 2. The molecule has 0 aromatic heterocycles. The number of amides is 2. The fraction of sp³-hybridized carbons (Fsp3) is 0.200. The summed E-state index contributed by atoms with van der Waals surface area (Å²) in [5.74, 6) is 0.834. The summed E-state index contributed by atoms with van der Waals surface area (Å²) in [6.07, 6.45) is 0.239. The van der Waals surface area contributed by atoms with E-state index in [4.69, 9.17) is 21.1 Å². The highest BCUT2D eigenvalue weighted by Crippen LogP contribution is 2.46. The SMILES string of the molecule is COc1ccc(C2CC(=O)N(CC(=O)Nc3ccc(Cl)cc3)c3ccccc3S2)cc1OC. The lowest BCUT2D eigenvalue weighted by Gasteiger charge is -2.22. The van der Waals surface area contributed by atoms with Crippen LogP contribution in [0.4, 0.5) is 11.4 Å². The van der Waals surface area contributed by atoms with Gasteiger partial charge in [-0.05, 0) is 54.1 Å². The number of benzene rings is 3. The van der Waals surface area contributed by atoms with Crippen LogP contribution in [0.25, 0.3) is 0 Å². The molecule has 3 aromatic rings. The van der Waals surface area contributed by atoms with Crippen LogP contribution in [0.2, 0.25) is 5.02 Å². The van der Waals surface area contributed by atoms with Crippen molar-refractivity contribution in [2.24, 2.45) is 0 Å². The van der Waals surface area contributed by atoms with Crippen LogP contribution in [0.1, 0.15) is 17.2 Å². The summed E-state index contributed by atoms with van der Waals surface area (Å²) in [5, 5.41) is 3.28. The van der Waals surface area contributed by atoms with E-state index in [1.165, 1.54) is 0 Å². The Kier molecular flexibility index (Phi) is 7.11. The number of fused-ring (bicyclic) bond motifs is 1. The van der Waals surface area contributed by atoms with Gasteiger partial charge < -0.3 is 19.7 Å². The van der Waals surface area contributed by atoms with Crippen molar-refractivity contribution < 1.29 is 19.1 Å². The Morgan fingerprint density at radius 1 is 1.06 bits per heavy atom. The monoisotopic (exact) mass is 482 g/mol. The molecule has 1 atom stereocenters. The predicted molar refractivity (Wildman–Crippen MR) is 132 cm³/mol. The summed E-state index contributed by atoms with van der Waals surface area (Å²) in [6, 6.07) is 20.2. The molecule has 1 heterocycles. The number of nitrogens with one attached hydrogen (secondary N) is 1. The first kappa shape index (κ1) is 23.0. The van der Waals surface area contributed by atoms with Gasteiger partial charge in [0.05, 0.1) is 19.9 Å². The van der Waals surface area contributed by atoms with Gasteiger partial charge in [-0.15, -0.1) is 11.8 Å². The molecular weight excluding hydrogens is 460 g/mol. The molecule has 1 unspecified atom stereocenters. The van der Waals surface area contributed by atoms with Gasteiger partial charge >= 0.3 is 0 Å². The van der Waals surface area contributed by atoms with Crippen LogP contribution in [0.15, 0.2) is 71.6 Å². The highest BCUT2D eigenvalue weighted by molar-refractivity contribution is 7.99. The Hall–Kier alpha value is -3.16. The van der Waals surface area contributed by atoms with Crippen molar-refractivity contribution in [3.8, 4) is 11.5 Å². The number of rotatable bonds is 6. The van der Waals surface area contributed by atoms with Crippen molar-refractivity contribution >= 4 is 46.6 Å². The number of para-hydroxylation sites is 1. The van der Waals surface area contributed by atoms with E-state index in [-0.39, 0.29) is 30.0 Å². The summed E-state index contributed by atoms with van der Waals surface area (Å²) >= 11 is 7.51. The van der Waals surface area contributed by atoms with E-state index in [0.29, 0.717) is 22.2 Å². The van der Waals surface area contributed by atoms with Crippen LogP contribution in [-0.2, 0) is 9.59 Å². The lowest BCUT2D eigenvalue weighted by Crippen LogP contribution is -2.38. The van der Waals surface area contributed by atoms with Gasteiger partial charge in [0, 0.05) is 27.3 Å². The Bertz CT molecular complexity index is 1170. The molecule has 0 saturated heterocycles. The minimum atomic E-state index is -0.282. The molecule has 1 N–H and O–H groups in total. The molecule has 8 heteroatoms. The Balaban J connectivity index is 1.59. The number of halogens is 1. The van der Waals surface area contributed by atoms with Gasteiger partial charge in [-0.3, -0.25) is 9.59 Å². The zero-order valence-corrected chi connectivity index (χ0v) is 19.8. The van der Waals surface area contributed by atoms with Gasteiger partial charge in [-0.1, -0.05) is 29.8 Å². The summed E-state index contributed by atoms with van der Waals surface area (Å²) in [5.41, 5.74) is 2.30. The summed E-state index contributed by atoms with van der Waals surface area (Å²) < 4.78 is 10.8. The van der Waals surface area contributed by atoms with E-state index in [1.54, 1.807) is 55.1 Å². The summed E-state index contributed by atoms with van der Waals surface area (Å²) in [7, 11) is 3.17. The average molecular weight is 483 g/mol. The smallest absolute Gasteiger partial charge is 0.244 e. The van der Waals surface area contributed by atoms with Gasteiger partial charge in [0.2, 0.25) is 11.8 Å². The van der Waals surface area contributed by atoms with E-state index < -0.39 is 0 Å². The molecule has 170 valence electrons. The van der Waals surface area contributed by atoms with E-state index in [2.05, 4.69) is 5.32 Å². The van der Waals surface area contributed by atoms with Crippen molar-refractivity contribution in [2.75, 3.05) is 31.0 Å². The second-order valence-electron chi connectivity index (χ2n) is 7.43. The number of anilines is 2. The first-order chi connectivity index (χ1) is 16.0. The van der Waals surface area contributed by atoms with Crippen molar-refractivity contribution in [3.05, 3.63) is 77.3 Å². The third-order valence-electron chi connectivity index (χ3n) is 5.30. The van der Waals surface area contributed by atoms with Crippen molar-refractivity contribution in [1.29, 1.82) is 0 Å². The summed E-state index contributed by atoms with van der Waals surface area (Å²) in [6.45, 7) is -0.0856. The second-order valence-corrected chi connectivity index (χ2v) is 9.11. The quantitative estimate of drug-likeness (QED) is 0.497. The van der Waals surface area contributed by atoms with Gasteiger partial charge in [-0.25, -0.2) is 0 Å². The van der Waals surface area contributed by atoms with Crippen LogP contribution < -0.4 is 19.7 Å². The fourth-order valence-electron chi connectivity index (χ4n) is 3.67. The van der Waals surface area contributed by atoms with Crippen LogP contribution in [-0.4, -0.2) is 32.6 Å². The van der Waals surface area contributed by atoms with Crippen LogP contribution >= 0.6 is 23.4 Å². The molecule has 0 radical (unpaired) electrons. The maximum atomic E-state index is 13.3. The van der Waals surface area contributed by atoms with Crippen LogP contribution in [0.5, 0.6) is 11.5 Å². The Labute approximate surface area is 201 Å². The largest absolute Gasteiger partial charge is 0.493 e. The maximum absolute atomic E-state index is 13.3. The molecule has 4 rings (SSSR count). The molecule has 1 aliphatic rings. The number of ether oxygens (including phenoxy) is 2. The maximum Gasteiger partial charge on any atom is 0.244 e. The molecular formula is C25H23ClN2O4S. The third-order valence-corrected chi connectivity index (χ3v) is 6.87. The lowest BCUT2D eigenvalue weighted by molar-refractivity contribution is -0.121. The minimum Gasteiger partial charge on any atom is -0.493 e. The molecule has 0 fully saturated rings. The van der Waals surface area contributed by atoms with E-state index >= 15 is 0 Å². The molecule has 2 amide bonds. The van der Waals surface area contributed by atoms with Gasteiger partial charge in [0.1, 0.15) is 6.54 Å². The van der Waals surface area contributed by atoms with E-state index in [1.807, 2.05) is 42.5 Å². The first-order valence-electron chi connectivity index (χ1n) is 10.3. The van der Waals surface area contributed by atoms with Gasteiger partial charge in [0.25, 0.3) is 0 Å². The van der Waals surface area contributed by atoms with Crippen molar-refractivity contribution in [2.45, 2.75) is 16.6 Å². The zero-order chi connectivity index (χ0) is 23.4. The molecule has 33 heavy (non-hydrogen) atoms. The van der Waals surface area contributed by atoms with Crippen LogP contribution in [0, 0.1) is 0 Å². The molecule has 0 spiro atoms. The molecule has 0 aliphatic carbocycles. The molecule has 0 bridgehead atoms. The number of nitrogens with zero attached hydrogens (tertiary/aromatic N) is 1. The fourth-order valence-corrected chi connectivity index (χ4v) is 5.06. The van der Waals surface area contributed by atoms with Crippen LogP contribution in [0.3, 0.4) is 0 Å². The van der Waals surface area contributed by atoms with Gasteiger partial charge in [-0.2, -0.15) is 0 Å². The zero-order valence-electron chi connectivity index (χ0n) is 18.2. The second kappa shape index (κ2) is 10.2. The number of hydrogen-bond donors (Lipinski definition) is 1.